The summed E-state index contributed by atoms with van der Waals surface area (Å²) in [5.74, 6) is 0.188. The van der Waals surface area contributed by atoms with Crippen LogP contribution in [0.15, 0.2) is 9.98 Å². The number of nitrogens with one attached hydrogen (secondary N) is 1. The Bertz CT molecular complexity index is 743. The maximum atomic E-state index is 10.2. The van der Waals surface area contributed by atoms with E-state index in [1.807, 2.05) is 12.3 Å². The van der Waals surface area contributed by atoms with E-state index in [2.05, 4.69) is 36.2 Å². The lowest BCUT2D eigenvalue weighted by atomic mass is 10.1. The van der Waals surface area contributed by atoms with Gasteiger partial charge < -0.3 is 26.4 Å². The predicted octanol–water partition coefficient (Wildman–Crippen LogP) is 0.768. The number of aliphatic hydroxyl groups excluding tert-OH is 3. The molecule has 0 radical (unpaired) electrons. The van der Waals surface area contributed by atoms with E-state index in [1.165, 1.54) is 11.3 Å². The van der Waals surface area contributed by atoms with Crippen molar-refractivity contribution in [1.82, 2.24) is 15.0 Å². The van der Waals surface area contributed by atoms with E-state index in [4.69, 9.17) is 5.73 Å². The highest BCUT2D eigenvalue weighted by molar-refractivity contribution is 9.10. The number of nitrogens with two attached hydrogens (primary N) is 1. The molecule has 2 heterocycles. The SMILES string of the molecule is Cc1nc(N)nc(N[C@@H]2C[C@H](CO)[C@@H](O)[C@H]2O)c1-c1nc(Br)cs1. The zero-order valence-electron chi connectivity index (χ0n) is 12.8. The molecule has 0 spiro atoms. The van der Waals surface area contributed by atoms with Crippen molar-refractivity contribution in [2.24, 2.45) is 5.92 Å². The summed E-state index contributed by atoms with van der Waals surface area (Å²) >= 11 is 4.76. The fourth-order valence-electron chi connectivity index (χ4n) is 2.95. The molecule has 1 saturated carbocycles. The monoisotopic (exact) mass is 415 g/mol. The fraction of sp³-hybridized carbons (Fsp3) is 0.500. The highest BCUT2D eigenvalue weighted by Crippen LogP contribution is 2.36. The number of thiazole rings is 1. The Morgan fingerprint density at radius 3 is 2.67 bits per heavy atom. The van der Waals surface area contributed by atoms with E-state index >= 15 is 0 Å². The van der Waals surface area contributed by atoms with Gasteiger partial charge in [0.2, 0.25) is 5.95 Å². The molecule has 0 unspecified atom stereocenters. The van der Waals surface area contributed by atoms with Crippen molar-refractivity contribution >= 4 is 39.0 Å². The topological polar surface area (TPSA) is 137 Å². The van der Waals surface area contributed by atoms with Crippen molar-refractivity contribution in [1.29, 1.82) is 0 Å². The summed E-state index contributed by atoms with van der Waals surface area (Å²) in [5, 5.41) is 35.2. The highest BCUT2D eigenvalue weighted by atomic mass is 79.9. The van der Waals surface area contributed by atoms with Crippen LogP contribution in [0.1, 0.15) is 12.1 Å². The van der Waals surface area contributed by atoms with Gasteiger partial charge in [-0.1, -0.05) is 0 Å². The van der Waals surface area contributed by atoms with Crippen LogP contribution in [0, 0.1) is 12.8 Å². The highest BCUT2D eigenvalue weighted by Gasteiger charge is 2.41. The molecule has 0 amide bonds. The smallest absolute Gasteiger partial charge is 0.222 e. The summed E-state index contributed by atoms with van der Waals surface area (Å²) in [7, 11) is 0. The first-order chi connectivity index (χ1) is 11.4. The van der Waals surface area contributed by atoms with E-state index in [9.17, 15) is 15.3 Å². The minimum absolute atomic E-state index is 0.112. The Balaban J connectivity index is 1.96. The molecular weight excluding hydrogens is 398 g/mol. The van der Waals surface area contributed by atoms with E-state index < -0.39 is 18.2 Å². The number of nitrogen functional groups attached to an aromatic ring is 1. The summed E-state index contributed by atoms with van der Waals surface area (Å²) in [6.07, 6.45) is -1.57. The second kappa shape index (κ2) is 6.89. The zero-order valence-corrected chi connectivity index (χ0v) is 15.3. The average Bonchev–Trinajstić information content (AvgIpc) is 3.05. The van der Waals surface area contributed by atoms with Gasteiger partial charge in [-0.2, -0.15) is 4.98 Å². The van der Waals surface area contributed by atoms with Gasteiger partial charge in [-0.15, -0.1) is 11.3 Å². The zero-order chi connectivity index (χ0) is 17.4. The van der Waals surface area contributed by atoms with Gasteiger partial charge in [0.05, 0.1) is 23.4 Å². The maximum absolute atomic E-state index is 10.2. The molecule has 4 atom stereocenters. The average molecular weight is 416 g/mol. The van der Waals surface area contributed by atoms with E-state index in [-0.39, 0.29) is 18.5 Å². The van der Waals surface area contributed by atoms with Crippen molar-refractivity contribution < 1.29 is 15.3 Å². The molecule has 8 nitrogen and oxygen atoms in total. The first-order valence-corrected chi connectivity index (χ1v) is 9.07. The molecule has 6 N–H and O–H groups in total. The summed E-state index contributed by atoms with van der Waals surface area (Å²) in [5.41, 5.74) is 7.13. The fourth-order valence-corrected chi connectivity index (χ4v) is 4.30. The standard InChI is InChI=1S/C14H18BrN5O3S/c1-5-9(13-19-8(15)4-24-13)12(20-14(16)17-5)18-7-2-6(3-21)10(22)11(7)23/h4,6-7,10-11,21-23H,2-3H2,1H3,(H3,16,17,18,20)/t6-,7-,10-,11+/m1/s1. The molecule has 0 aromatic carbocycles. The molecular formula is C14H18BrN5O3S. The van der Waals surface area contributed by atoms with Gasteiger partial charge in [-0.05, 0) is 29.3 Å². The molecule has 0 bridgehead atoms. The van der Waals surface area contributed by atoms with Crippen molar-refractivity contribution in [2.45, 2.75) is 31.6 Å². The van der Waals surface area contributed by atoms with Crippen molar-refractivity contribution in [3.63, 3.8) is 0 Å². The van der Waals surface area contributed by atoms with Crippen LogP contribution in [0.4, 0.5) is 11.8 Å². The van der Waals surface area contributed by atoms with Gasteiger partial charge in [0.1, 0.15) is 21.5 Å². The minimum atomic E-state index is -1.01. The van der Waals surface area contributed by atoms with Gasteiger partial charge in [-0.25, -0.2) is 9.97 Å². The van der Waals surface area contributed by atoms with Crippen LogP contribution in [-0.2, 0) is 0 Å². The van der Waals surface area contributed by atoms with Gasteiger partial charge in [0.15, 0.2) is 0 Å². The molecule has 10 heteroatoms. The van der Waals surface area contributed by atoms with Gasteiger partial charge in [-0.3, -0.25) is 0 Å². The normalized spacial score (nSPS) is 26.7. The van der Waals surface area contributed by atoms with Crippen LogP contribution in [0.3, 0.4) is 0 Å². The van der Waals surface area contributed by atoms with Crippen molar-refractivity contribution in [3.8, 4) is 10.6 Å². The number of hydrogen-bond acceptors (Lipinski definition) is 9. The molecule has 2 aromatic rings. The molecule has 2 aromatic heterocycles. The number of anilines is 2. The molecule has 0 aliphatic heterocycles. The predicted molar refractivity (Wildman–Crippen MR) is 94.6 cm³/mol. The van der Waals surface area contributed by atoms with Crippen LogP contribution in [0.2, 0.25) is 0 Å². The van der Waals surface area contributed by atoms with Gasteiger partial charge >= 0.3 is 0 Å². The van der Waals surface area contributed by atoms with Crippen LogP contribution >= 0.6 is 27.3 Å². The number of halogens is 1. The lowest BCUT2D eigenvalue weighted by Gasteiger charge is -2.20. The number of hydrogen-bond donors (Lipinski definition) is 5. The van der Waals surface area contributed by atoms with E-state index in [0.29, 0.717) is 33.1 Å². The Labute approximate surface area is 150 Å². The van der Waals surface area contributed by atoms with Crippen molar-refractivity contribution in [3.05, 3.63) is 15.7 Å². The second-order valence-electron chi connectivity index (χ2n) is 5.78. The molecule has 130 valence electrons. The van der Waals surface area contributed by atoms with Crippen molar-refractivity contribution in [2.75, 3.05) is 17.7 Å². The number of aromatic nitrogens is 3. The summed E-state index contributed by atoms with van der Waals surface area (Å²) < 4.78 is 0.710. The third kappa shape index (κ3) is 3.24. The quantitative estimate of drug-likeness (QED) is 0.493. The van der Waals surface area contributed by atoms with Crippen LogP contribution in [-0.4, -0.2) is 55.1 Å². The summed E-state index contributed by atoms with van der Waals surface area (Å²) in [6, 6.07) is -0.451. The number of aliphatic hydroxyl groups is 3. The van der Waals surface area contributed by atoms with E-state index in [0.717, 1.165) is 0 Å². The third-order valence-electron chi connectivity index (χ3n) is 4.16. The van der Waals surface area contributed by atoms with Crippen LogP contribution < -0.4 is 11.1 Å². The number of aryl methyl sites for hydroxylation is 1. The molecule has 0 saturated heterocycles. The molecule has 1 fully saturated rings. The molecule has 1 aliphatic rings. The Morgan fingerprint density at radius 1 is 1.33 bits per heavy atom. The number of rotatable bonds is 4. The minimum Gasteiger partial charge on any atom is -0.396 e. The van der Waals surface area contributed by atoms with Crippen LogP contribution in [0.25, 0.3) is 10.6 Å². The third-order valence-corrected chi connectivity index (χ3v) is 5.72. The summed E-state index contributed by atoms with van der Waals surface area (Å²) in [4.78, 5) is 12.8. The maximum Gasteiger partial charge on any atom is 0.222 e. The Morgan fingerprint density at radius 2 is 2.08 bits per heavy atom. The number of nitrogens with zero attached hydrogens (tertiary/aromatic N) is 3. The Hall–Kier alpha value is -1.33. The van der Waals surface area contributed by atoms with E-state index in [1.54, 1.807) is 0 Å². The van der Waals surface area contributed by atoms with Gasteiger partial charge in [0, 0.05) is 17.9 Å². The molecule has 3 rings (SSSR count). The first-order valence-electron chi connectivity index (χ1n) is 7.39. The van der Waals surface area contributed by atoms with Gasteiger partial charge in [0.25, 0.3) is 0 Å². The first kappa shape index (κ1) is 17.5. The summed E-state index contributed by atoms with van der Waals surface area (Å²) in [6.45, 7) is 1.62. The largest absolute Gasteiger partial charge is 0.396 e. The molecule has 1 aliphatic carbocycles. The lowest BCUT2D eigenvalue weighted by molar-refractivity contribution is 0.00446. The second-order valence-corrected chi connectivity index (χ2v) is 7.45. The lowest BCUT2D eigenvalue weighted by Crippen LogP contribution is -2.35. The van der Waals surface area contributed by atoms with Crippen LogP contribution in [0.5, 0.6) is 0 Å². The Kier molecular flexibility index (Phi) is 5.02. The molecule has 24 heavy (non-hydrogen) atoms.